The maximum absolute atomic E-state index is 11.3. The molecule has 0 saturated heterocycles. The Balaban J connectivity index is 2.42. The molecule has 1 aromatic rings. The van der Waals surface area contributed by atoms with E-state index in [0.29, 0.717) is 12.3 Å². The number of benzene rings is 1. The molecule has 0 saturated carbocycles. The summed E-state index contributed by atoms with van der Waals surface area (Å²) in [7, 11) is 3.94. The van der Waals surface area contributed by atoms with Crippen molar-refractivity contribution in [2.75, 3.05) is 25.5 Å². The molecular weight excluding hydrogens is 272 g/mol. The van der Waals surface area contributed by atoms with Crippen molar-refractivity contribution >= 4 is 23.2 Å². The van der Waals surface area contributed by atoms with Crippen LogP contribution in [0, 0.1) is 0 Å². The minimum absolute atomic E-state index is 0.0384. The van der Waals surface area contributed by atoms with Crippen LogP contribution in [0.25, 0.3) is 0 Å². The van der Waals surface area contributed by atoms with Crippen LogP contribution in [-0.2, 0) is 11.3 Å². The largest absolute Gasteiger partial charge is 0.508 e. The molecule has 0 unspecified atom stereocenters. The molecular formula is C15H20N2O2S. The molecule has 0 atom stereocenters. The van der Waals surface area contributed by atoms with Crippen LogP contribution in [0.2, 0.25) is 0 Å². The second kappa shape index (κ2) is 5.89. The van der Waals surface area contributed by atoms with Crippen LogP contribution in [0.1, 0.15) is 19.4 Å². The standard InChI is InChI=1S/C15H20N2O2S/c1-5-17-12-8-13(19)11(9-16(3)4)7-14(12)20-15(17)6-10(2)18/h6-8,19H,5,9H2,1-4H3. The first-order valence-corrected chi connectivity index (χ1v) is 7.42. The van der Waals surface area contributed by atoms with Crippen LogP contribution in [-0.4, -0.2) is 36.4 Å². The van der Waals surface area contributed by atoms with Crippen LogP contribution in [0.3, 0.4) is 0 Å². The van der Waals surface area contributed by atoms with E-state index in [0.717, 1.165) is 27.7 Å². The number of phenols is 1. The van der Waals surface area contributed by atoms with E-state index in [1.807, 2.05) is 32.0 Å². The van der Waals surface area contributed by atoms with Gasteiger partial charge in [0.1, 0.15) is 5.75 Å². The smallest absolute Gasteiger partial charge is 0.155 e. The number of carbonyl (C=O) groups excluding carboxylic acids is 1. The SMILES string of the molecule is CCN1C(=CC(C)=O)Sc2cc(CN(C)C)c(O)cc21. The van der Waals surface area contributed by atoms with E-state index in [-0.39, 0.29) is 5.78 Å². The molecule has 0 spiro atoms. The van der Waals surface area contributed by atoms with Crippen LogP contribution in [0.15, 0.2) is 28.1 Å². The van der Waals surface area contributed by atoms with E-state index in [2.05, 4.69) is 4.90 Å². The Morgan fingerprint density at radius 3 is 2.70 bits per heavy atom. The fourth-order valence-electron chi connectivity index (χ4n) is 2.25. The number of nitrogens with zero attached hydrogens (tertiary/aromatic N) is 2. The summed E-state index contributed by atoms with van der Waals surface area (Å²) in [4.78, 5) is 16.5. The topological polar surface area (TPSA) is 43.8 Å². The number of hydrogen-bond donors (Lipinski definition) is 1. The molecule has 0 radical (unpaired) electrons. The molecule has 1 aliphatic rings. The lowest BCUT2D eigenvalue weighted by Gasteiger charge is -2.18. The van der Waals surface area contributed by atoms with Gasteiger partial charge in [0.2, 0.25) is 0 Å². The first-order valence-electron chi connectivity index (χ1n) is 6.60. The fraction of sp³-hybridized carbons (Fsp3) is 0.400. The van der Waals surface area contributed by atoms with E-state index >= 15 is 0 Å². The Bertz CT molecular complexity index is 567. The summed E-state index contributed by atoms with van der Waals surface area (Å²) in [5.74, 6) is 0.345. The summed E-state index contributed by atoms with van der Waals surface area (Å²) in [6, 6.07) is 3.81. The molecule has 0 aromatic heterocycles. The Morgan fingerprint density at radius 2 is 2.15 bits per heavy atom. The van der Waals surface area contributed by atoms with Gasteiger partial charge in [0.15, 0.2) is 5.78 Å². The molecule has 1 aromatic carbocycles. The highest BCUT2D eigenvalue weighted by Crippen LogP contribution is 2.48. The monoisotopic (exact) mass is 292 g/mol. The molecule has 0 bridgehead atoms. The second-order valence-electron chi connectivity index (χ2n) is 5.13. The second-order valence-corrected chi connectivity index (χ2v) is 6.19. The van der Waals surface area contributed by atoms with Crippen molar-refractivity contribution < 1.29 is 9.90 Å². The summed E-state index contributed by atoms with van der Waals surface area (Å²) in [6.07, 6.45) is 1.65. The lowest BCUT2D eigenvalue weighted by atomic mass is 10.1. The van der Waals surface area contributed by atoms with Gasteiger partial charge in [0.05, 0.1) is 10.7 Å². The van der Waals surface area contributed by atoms with Crippen molar-refractivity contribution in [2.45, 2.75) is 25.3 Å². The molecule has 2 rings (SSSR count). The fourth-order valence-corrected chi connectivity index (χ4v) is 3.52. The zero-order chi connectivity index (χ0) is 14.9. The minimum atomic E-state index is 0.0384. The maximum Gasteiger partial charge on any atom is 0.155 e. The number of allylic oxidation sites excluding steroid dienone is 1. The number of hydrogen-bond acceptors (Lipinski definition) is 5. The Labute approximate surface area is 124 Å². The number of aromatic hydroxyl groups is 1. The van der Waals surface area contributed by atoms with Gasteiger partial charge in [-0.05, 0) is 34.0 Å². The summed E-state index contributed by atoms with van der Waals surface area (Å²) >= 11 is 1.58. The van der Waals surface area contributed by atoms with E-state index in [9.17, 15) is 9.90 Å². The highest BCUT2D eigenvalue weighted by molar-refractivity contribution is 8.03. The average molecular weight is 292 g/mol. The van der Waals surface area contributed by atoms with Crippen LogP contribution in [0.4, 0.5) is 5.69 Å². The van der Waals surface area contributed by atoms with Gasteiger partial charge in [-0.1, -0.05) is 11.8 Å². The van der Waals surface area contributed by atoms with Crippen molar-refractivity contribution in [3.63, 3.8) is 0 Å². The summed E-state index contributed by atoms with van der Waals surface area (Å²) in [5.41, 5.74) is 1.88. The maximum atomic E-state index is 11.3. The quantitative estimate of drug-likeness (QED) is 0.865. The average Bonchev–Trinajstić information content (AvgIpc) is 2.64. The summed E-state index contributed by atoms with van der Waals surface area (Å²) in [5, 5.41) is 11.1. The van der Waals surface area contributed by atoms with Gasteiger partial charge in [-0.25, -0.2) is 0 Å². The highest BCUT2D eigenvalue weighted by Gasteiger charge is 2.26. The first kappa shape index (κ1) is 14.9. The van der Waals surface area contributed by atoms with Gasteiger partial charge in [-0.2, -0.15) is 0 Å². The Morgan fingerprint density at radius 1 is 1.45 bits per heavy atom. The molecule has 1 heterocycles. The van der Waals surface area contributed by atoms with Crippen molar-refractivity contribution in [2.24, 2.45) is 0 Å². The first-order chi connectivity index (χ1) is 9.42. The molecule has 1 aliphatic heterocycles. The Hall–Kier alpha value is -1.46. The van der Waals surface area contributed by atoms with Crippen molar-refractivity contribution in [3.05, 3.63) is 28.8 Å². The van der Waals surface area contributed by atoms with Crippen molar-refractivity contribution in [1.82, 2.24) is 4.90 Å². The van der Waals surface area contributed by atoms with Gasteiger partial charge in [0, 0.05) is 35.7 Å². The van der Waals surface area contributed by atoms with Crippen molar-refractivity contribution in [3.8, 4) is 5.75 Å². The molecule has 0 amide bonds. The molecule has 0 aliphatic carbocycles. The van der Waals surface area contributed by atoms with Crippen LogP contribution >= 0.6 is 11.8 Å². The predicted molar refractivity (Wildman–Crippen MR) is 83.1 cm³/mol. The number of thioether (sulfide) groups is 1. The Kier molecular flexibility index (Phi) is 4.40. The molecule has 20 heavy (non-hydrogen) atoms. The van der Waals surface area contributed by atoms with E-state index < -0.39 is 0 Å². The van der Waals surface area contributed by atoms with Gasteiger partial charge in [0.25, 0.3) is 0 Å². The lowest BCUT2D eigenvalue weighted by Crippen LogP contribution is -2.17. The number of anilines is 1. The van der Waals surface area contributed by atoms with Gasteiger partial charge >= 0.3 is 0 Å². The number of carbonyl (C=O) groups is 1. The highest BCUT2D eigenvalue weighted by atomic mass is 32.2. The number of rotatable bonds is 4. The lowest BCUT2D eigenvalue weighted by molar-refractivity contribution is -0.112. The molecule has 5 heteroatoms. The third-order valence-electron chi connectivity index (χ3n) is 3.06. The molecule has 108 valence electrons. The molecule has 4 nitrogen and oxygen atoms in total. The normalized spacial score (nSPS) is 16.1. The van der Waals surface area contributed by atoms with E-state index in [1.165, 1.54) is 0 Å². The van der Waals surface area contributed by atoms with E-state index in [1.54, 1.807) is 30.8 Å². The number of fused-ring (bicyclic) bond motifs is 1. The zero-order valence-corrected chi connectivity index (χ0v) is 13.1. The van der Waals surface area contributed by atoms with Gasteiger partial charge in [-0.15, -0.1) is 0 Å². The van der Waals surface area contributed by atoms with Crippen LogP contribution < -0.4 is 4.90 Å². The minimum Gasteiger partial charge on any atom is -0.508 e. The zero-order valence-electron chi connectivity index (χ0n) is 12.3. The van der Waals surface area contributed by atoms with Crippen LogP contribution in [0.5, 0.6) is 5.75 Å². The summed E-state index contributed by atoms with van der Waals surface area (Å²) in [6.45, 7) is 5.05. The molecule has 1 N–H and O–H groups in total. The van der Waals surface area contributed by atoms with Crippen molar-refractivity contribution in [1.29, 1.82) is 0 Å². The third kappa shape index (κ3) is 2.99. The van der Waals surface area contributed by atoms with Gasteiger partial charge < -0.3 is 14.9 Å². The third-order valence-corrected chi connectivity index (χ3v) is 4.16. The summed E-state index contributed by atoms with van der Waals surface area (Å²) < 4.78 is 0. The van der Waals surface area contributed by atoms with Gasteiger partial charge in [-0.3, -0.25) is 4.79 Å². The number of phenolic OH excluding ortho intramolecular Hbond substituents is 1. The van der Waals surface area contributed by atoms with E-state index in [4.69, 9.17) is 0 Å². The predicted octanol–water partition coefficient (Wildman–Crippen LogP) is 2.82. The molecule has 0 fully saturated rings. The number of ketones is 1.